The van der Waals surface area contributed by atoms with Crippen molar-refractivity contribution in [2.45, 2.75) is 32.1 Å². The molecule has 116 valence electrons. The van der Waals surface area contributed by atoms with Crippen molar-refractivity contribution in [3.05, 3.63) is 35.5 Å². The minimum absolute atomic E-state index is 0.00301. The summed E-state index contributed by atoms with van der Waals surface area (Å²) in [6.07, 6.45) is 1.35. The zero-order chi connectivity index (χ0) is 15.1. The van der Waals surface area contributed by atoms with E-state index in [1.54, 1.807) is 6.92 Å². The topological polar surface area (TPSA) is 54.6 Å². The SMILES string of the molecule is CC(=O)N1CCc2c([nH]c3ccccc23)[C@@H]1CC1OCCO1. The summed E-state index contributed by atoms with van der Waals surface area (Å²) in [5.74, 6) is 0.104. The van der Waals surface area contributed by atoms with Crippen molar-refractivity contribution in [3.63, 3.8) is 0 Å². The predicted octanol–water partition coefficient (Wildman–Crippen LogP) is 2.38. The van der Waals surface area contributed by atoms with Gasteiger partial charge in [-0.1, -0.05) is 18.2 Å². The first-order valence-electron chi connectivity index (χ1n) is 7.84. The lowest BCUT2D eigenvalue weighted by atomic mass is 9.95. The Hall–Kier alpha value is -1.85. The van der Waals surface area contributed by atoms with Crippen molar-refractivity contribution >= 4 is 16.8 Å². The summed E-state index contributed by atoms with van der Waals surface area (Å²) in [5, 5.41) is 1.26. The van der Waals surface area contributed by atoms with Crippen LogP contribution in [0, 0.1) is 0 Å². The second kappa shape index (κ2) is 5.41. The second-order valence-corrected chi connectivity index (χ2v) is 5.95. The standard InChI is InChI=1S/C17H20N2O3/c1-11(20)19-7-6-13-12-4-2-3-5-14(12)18-17(13)15(19)10-16-21-8-9-22-16/h2-5,15-16,18H,6-10H2,1H3/t15-/m0/s1. The predicted molar refractivity (Wildman–Crippen MR) is 82.4 cm³/mol. The lowest BCUT2D eigenvalue weighted by Gasteiger charge is -2.36. The van der Waals surface area contributed by atoms with E-state index >= 15 is 0 Å². The van der Waals surface area contributed by atoms with Crippen molar-refractivity contribution < 1.29 is 14.3 Å². The Bertz CT molecular complexity index is 703. The zero-order valence-electron chi connectivity index (χ0n) is 12.7. The largest absolute Gasteiger partial charge is 0.356 e. The molecular weight excluding hydrogens is 280 g/mol. The van der Waals surface area contributed by atoms with E-state index in [1.807, 2.05) is 11.0 Å². The van der Waals surface area contributed by atoms with Crippen molar-refractivity contribution in [1.29, 1.82) is 0 Å². The molecule has 1 amide bonds. The number of benzene rings is 1. The Labute approximate surface area is 129 Å². The number of rotatable bonds is 2. The first kappa shape index (κ1) is 13.8. The van der Waals surface area contributed by atoms with Crippen LogP contribution in [-0.4, -0.2) is 41.8 Å². The number of ether oxygens (including phenoxy) is 2. The van der Waals surface area contributed by atoms with Crippen molar-refractivity contribution in [2.75, 3.05) is 19.8 Å². The highest BCUT2D eigenvalue weighted by Crippen LogP contribution is 2.37. The van der Waals surface area contributed by atoms with E-state index in [0.29, 0.717) is 19.6 Å². The van der Waals surface area contributed by atoms with Gasteiger partial charge in [0, 0.05) is 36.5 Å². The van der Waals surface area contributed by atoms with Gasteiger partial charge in [0.25, 0.3) is 0 Å². The Morgan fingerprint density at radius 2 is 2.09 bits per heavy atom. The maximum atomic E-state index is 12.0. The molecule has 1 aromatic heterocycles. The fraction of sp³-hybridized carbons (Fsp3) is 0.471. The number of carbonyl (C=O) groups excluding carboxylic acids is 1. The van der Waals surface area contributed by atoms with E-state index in [2.05, 4.69) is 23.2 Å². The number of hydrogen-bond donors (Lipinski definition) is 1. The summed E-state index contributed by atoms with van der Waals surface area (Å²) < 4.78 is 11.2. The number of nitrogens with one attached hydrogen (secondary N) is 1. The van der Waals surface area contributed by atoms with Gasteiger partial charge in [-0.3, -0.25) is 4.79 Å². The Morgan fingerprint density at radius 3 is 2.86 bits per heavy atom. The molecule has 2 aliphatic rings. The third-order valence-electron chi connectivity index (χ3n) is 4.67. The maximum absolute atomic E-state index is 12.0. The highest BCUT2D eigenvalue weighted by atomic mass is 16.7. The molecule has 1 saturated heterocycles. The van der Waals surface area contributed by atoms with Crippen LogP contribution >= 0.6 is 0 Å². The van der Waals surface area contributed by atoms with Gasteiger partial charge in [-0.25, -0.2) is 0 Å². The zero-order valence-corrected chi connectivity index (χ0v) is 12.7. The van der Waals surface area contributed by atoms with Crippen LogP contribution in [0.3, 0.4) is 0 Å². The summed E-state index contributed by atoms with van der Waals surface area (Å²) in [5.41, 5.74) is 3.61. The number of aromatic amines is 1. The molecule has 0 bridgehead atoms. The van der Waals surface area contributed by atoms with Gasteiger partial charge in [0.05, 0.1) is 19.3 Å². The number of H-pyrrole nitrogens is 1. The van der Waals surface area contributed by atoms with Gasteiger partial charge < -0.3 is 19.4 Å². The van der Waals surface area contributed by atoms with Gasteiger partial charge in [-0.05, 0) is 18.1 Å². The molecule has 2 aromatic rings. The molecule has 5 heteroatoms. The van der Waals surface area contributed by atoms with Gasteiger partial charge in [-0.2, -0.15) is 0 Å². The number of carbonyl (C=O) groups is 1. The first-order chi connectivity index (χ1) is 10.7. The molecule has 3 heterocycles. The van der Waals surface area contributed by atoms with E-state index in [-0.39, 0.29) is 18.2 Å². The molecule has 5 nitrogen and oxygen atoms in total. The molecule has 1 aromatic carbocycles. The summed E-state index contributed by atoms with van der Waals surface area (Å²) in [7, 11) is 0. The van der Waals surface area contributed by atoms with Crippen molar-refractivity contribution in [2.24, 2.45) is 0 Å². The van der Waals surface area contributed by atoms with Crippen LogP contribution in [0.1, 0.15) is 30.6 Å². The van der Waals surface area contributed by atoms with Gasteiger partial charge >= 0.3 is 0 Å². The molecule has 0 radical (unpaired) electrons. The number of para-hydroxylation sites is 1. The third-order valence-corrected chi connectivity index (χ3v) is 4.67. The number of hydrogen-bond acceptors (Lipinski definition) is 3. The van der Waals surface area contributed by atoms with Crippen LogP contribution in [0.5, 0.6) is 0 Å². The molecule has 0 spiro atoms. The Kier molecular flexibility index (Phi) is 3.39. The number of aromatic nitrogens is 1. The van der Waals surface area contributed by atoms with Crippen LogP contribution in [0.4, 0.5) is 0 Å². The van der Waals surface area contributed by atoms with Gasteiger partial charge in [0.15, 0.2) is 6.29 Å². The molecule has 2 aliphatic heterocycles. The molecule has 0 aliphatic carbocycles. The summed E-state index contributed by atoms with van der Waals surface area (Å²) >= 11 is 0. The fourth-order valence-corrected chi connectivity index (χ4v) is 3.67. The lowest BCUT2D eigenvalue weighted by Crippen LogP contribution is -2.40. The molecule has 1 atom stereocenters. The Balaban J connectivity index is 1.75. The van der Waals surface area contributed by atoms with Crippen LogP contribution in [0.15, 0.2) is 24.3 Å². The molecular formula is C17H20N2O3. The molecule has 1 N–H and O–H groups in total. The molecule has 22 heavy (non-hydrogen) atoms. The lowest BCUT2D eigenvalue weighted by molar-refractivity contribution is -0.134. The molecule has 0 unspecified atom stereocenters. The van der Waals surface area contributed by atoms with E-state index < -0.39 is 0 Å². The summed E-state index contributed by atoms with van der Waals surface area (Å²) in [6.45, 7) is 3.66. The molecule has 1 fully saturated rings. The number of fused-ring (bicyclic) bond motifs is 3. The number of nitrogens with zero attached hydrogens (tertiary/aromatic N) is 1. The normalized spacial score (nSPS) is 22.2. The van der Waals surface area contributed by atoms with Gasteiger partial charge in [0.2, 0.25) is 5.91 Å². The van der Waals surface area contributed by atoms with Crippen LogP contribution in [0.2, 0.25) is 0 Å². The minimum Gasteiger partial charge on any atom is -0.356 e. The van der Waals surface area contributed by atoms with Crippen LogP contribution in [-0.2, 0) is 20.7 Å². The quantitative estimate of drug-likeness (QED) is 0.926. The van der Waals surface area contributed by atoms with E-state index in [1.165, 1.54) is 10.9 Å². The summed E-state index contributed by atoms with van der Waals surface area (Å²) in [6, 6.07) is 8.33. The van der Waals surface area contributed by atoms with Crippen molar-refractivity contribution in [1.82, 2.24) is 9.88 Å². The van der Waals surface area contributed by atoms with E-state index in [4.69, 9.17) is 9.47 Å². The third kappa shape index (κ3) is 2.21. The van der Waals surface area contributed by atoms with E-state index in [0.717, 1.165) is 24.2 Å². The van der Waals surface area contributed by atoms with Crippen molar-refractivity contribution in [3.8, 4) is 0 Å². The summed E-state index contributed by atoms with van der Waals surface area (Å²) in [4.78, 5) is 17.5. The average molecular weight is 300 g/mol. The molecule has 4 rings (SSSR count). The minimum atomic E-state index is -0.218. The average Bonchev–Trinajstić information content (AvgIpc) is 3.14. The smallest absolute Gasteiger partial charge is 0.220 e. The fourth-order valence-electron chi connectivity index (χ4n) is 3.67. The van der Waals surface area contributed by atoms with Gasteiger partial charge in [-0.15, -0.1) is 0 Å². The highest BCUT2D eigenvalue weighted by molar-refractivity contribution is 5.86. The Morgan fingerprint density at radius 1 is 1.32 bits per heavy atom. The monoisotopic (exact) mass is 300 g/mol. The highest BCUT2D eigenvalue weighted by Gasteiger charge is 2.34. The van der Waals surface area contributed by atoms with Gasteiger partial charge in [0.1, 0.15) is 0 Å². The maximum Gasteiger partial charge on any atom is 0.220 e. The first-order valence-corrected chi connectivity index (χ1v) is 7.84. The van der Waals surface area contributed by atoms with E-state index in [9.17, 15) is 4.79 Å². The van der Waals surface area contributed by atoms with Crippen LogP contribution in [0.25, 0.3) is 10.9 Å². The second-order valence-electron chi connectivity index (χ2n) is 5.95. The number of amides is 1. The molecule has 0 saturated carbocycles. The van der Waals surface area contributed by atoms with Crippen LogP contribution < -0.4 is 0 Å².